The van der Waals surface area contributed by atoms with E-state index in [9.17, 15) is 43.2 Å². The van der Waals surface area contributed by atoms with E-state index in [0.717, 1.165) is 11.8 Å². The van der Waals surface area contributed by atoms with Crippen LogP contribution in [0.5, 0.6) is 28.7 Å². The largest absolute Gasteiger partial charge is 0.493 e. The lowest BCUT2D eigenvalue weighted by Gasteiger charge is -2.38. The first-order valence-electron chi connectivity index (χ1n) is 28.8. The Kier molecular flexibility index (Phi) is 26.6. The van der Waals surface area contributed by atoms with Crippen molar-refractivity contribution in [1.82, 2.24) is 31.9 Å². The van der Waals surface area contributed by atoms with E-state index in [0.29, 0.717) is 77.7 Å². The maximum atomic E-state index is 14.3. The molecule has 0 saturated carbocycles. The monoisotopic (exact) mass is 1230 g/mol. The summed E-state index contributed by atoms with van der Waals surface area (Å²) in [6.45, 7) is 7.41. The molecule has 2 heterocycles. The van der Waals surface area contributed by atoms with Crippen molar-refractivity contribution in [3.8, 4) is 28.7 Å². The molecule has 476 valence electrons. The van der Waals surface area contributed by atoms with Crippen LogP contribution in [0.3, 0.4) is 0 Å². The minimum absolute atomic E-state index is 0.0425. The Morgan fingerprint density at radius 1 is 0.698 bits per heavy atom. The van der Waals surface area contributed by atoms with Gasteiger partial charge in [0.05, 0.1) is 45.6 Å². The molecular formula is C57H86N12O16S. The van der Waals surface area contributed by atoms with Crippen LogP contribution in [0.2, 0.25) is 0 Å². The van der Waals surface area contributed by atoms with Gasteiger partial charge in [0.2, 0.25) is 53.9 Å². The zero-order valence-electron chi connectivity index (χ0n) is 50.1. The third-order valence-corrected chi connectivity index (χ3v) is 16.6. The number of esters is 2. The number of nitrogens with zero attached hydrogens (tertiary/aromatic N) is 1. The highest BCUT2D eigenvalue weighted by Gasteiger charge is 2.54. The Balaban J connectivity index is 1.30. The van der Waals surface area contributed by atoms with Crippen LogP contribution in [0.15, 0.2) is 29.3 Å². The molecule has 7 amide bonds. The van der Waals surface area contributed by atoms with E-state index in [4.69, 9.17) is 61.8 Å². The van der Waals surface area contributed by atoms with E-state index in [2.05, 4.69) is 36.9 Å². The van der Waals surface area contributed by atoms with Gasteiger partial charge in [-0.2, -0.15) is 0 Å². The molecule has 29 heteroatoms. The molecule has 0 radical (unpaired) electrons. The molecule has 1 saturated heterocycles. The van der Waals surface area contributed by atoms with E-state index < -0.39 is 119 Å². The Labute approximate surface area is 504 Å². The lowest BCUT2D eigenvalue weighted by atomic mass is 9.66. The molecule has 86 heavy (non-hydrogen) atoms. The number of carbonyl (C=O) groups is 9. The van der Waals surface area contributed by atoms with Crippen molar-refractivity contribution in [2.45, 2.75) is 134 Å². The molecule has 16 N–H and O–H groups in total. The summed E-state index contributed by atoms with van der Waals surface area (Å²) in [5, 5.41) is 16.0. The fourth-order valence-corrected chi connectivity index (χ4v) is 11.2. The molecule has 2 unspecified atom stereocenters. The molecule has 5 rings (SSSR count). The highest BCUT2D eigenvalue weighted by molar-refractivity contribution is 8.00. The zero-order chi connectivity index (χ0) is 63.4. The van der Waals surface area contributed by atoms with Gasteiger partial charge in [-0.1, -0.05) is 40.5 Å². The molecule has 0 spiro atoms. The minimum Gasteiger partial charge on any atom is -0.493 e. The van der Waals surface area contributed by atoms with Crippen LogP contribution in [0.1, 0.15) is 114 Å². The second kappa shape index (κ2) is 33.2. The molecule has 1 aliphatic carbocycles. The molecular weight excluding hydrogens is 1140 g/mol. The summed E-state index contributed by atoms with van der Waals surface area (Å²) < 4.78 is 40.2. The van der Waals surface area contributed by atoms with E-state index >= 15 is 0 Å². The smallest absolute Gasteiger partial charge is 0.316 e. The molecule has 2 aliphatic heterocycles. The van der Waals surface area contributed by atoms with Gasteiger partial charge in [0.1, 0.15) is 36.3 Å². The Morgan fingerprint density at radius 2 is 1.24 bits per heavy atom. The summed E-state index contributed by atoms with van der Waals surface area (Å²) >= 11 is 0.973. The van der Waals surface area contributed by atoms with Gasteiger partial charge in [-0.05, 0) is 92.3 Å². The molecule has 0 bridgehead atoms. The topological polar surface area (TPSA) is 433 Å². The normalized spacial score (nSPS) is 19.1. The molecule has 2 aromatic rings. The third kappa shape index (κ3) is 18.1. The highest BCUT2D eigenvalue weighted by atomic mass is 32.2. The standard InChI is InChI=1S/C57H86N12O16S/c1-9-28(3)46(54(76)63-5)68-52(74)35(14-11-12-18-58)67-55(77)47(29(4)10-2)69-53(75)37(16-17-42(60)70)66-51(73)36(15-13-19-64-57(61)62)65-50(72)34(59)25-86-26-43(71)85-48-32-23-39-38(83-27-84-39)22-31(32)44(45-33(48)24-82-56(45)78)30-20-40(79-6)49(81-8)41(21-30)80-7/h20-23,28-29,33-37,44-48H,9-19,24-27,58-59H2,1-8H3,(H2,60,70)(H,63,76)(H,65,72)(H,66,73)(H,67,77)(H,68,74)(H,69,75)(H4,61,62,64)/t28?,29?,33-,34-,35-,36-,37-,44+,45-,46-,47-,48-/m0/s1. The molecule has 2 aromatic carbocycles. The van der Waals surface area contributed by atoms with Crippen molar-refractivity contribution >= 4 is 71.0 Å². The van der Waals surface area contributed by atoms with Gasteiger partial charge in [-0.3, -0.25) is 48.1 Å². The molecule has 0 aromatic heterocycles. The van der Waals surface area contributed by atoms with Crippen LogP contribution >= 0.6 is 11.8 Å². The van der Waals surface area contributed by atoms with Crippen LogP contribution in [-0.2, 0) is 52.6 Å². The van der Waals surface area contributed by atoms with E-state index in [1.807, 2.05) is 13.8 Å². The number of nitrogens with one attached hydrogen (secondary N) is 6. The Bertz CT molecular complexity index is 2740. The van der Waals surface area contributed by atoms with E-state index in [1.54, 1.807) is 38.1 Å². The number of thioether (sulfide) groups is 1. The maximum absolute atomic E-state index is 14.3. The number of guanidine groups is 1. The zero-order valence-corrected chi connectivity index (χ0v) is 50.9. The summed E-state index contributed by atoms with van der Waals surface area (Å²) in [6.07, 6.45) is 0.463. The molecule has 3 aliphatic rings. The molecule has 28 nitrogen and oxygen atoms in total. The number of unbranched alkanes of at least 4 members (excludes halogenated alkanes) is 1. The van der Waals surface area contributed by atoms with Crippen LogP contribution in [0.4, 0.5) is 0 Å². The van der Waals surface area contributed by atoms with Gasteiger partial charge in [-0.25, -0.2) is 0 Å². The first-order valence-corrected chi connectivity index (χ1v) is 29.9. The number of nitrogens with two attached hydrogens (primary N) is 5. The summed E-state index contributed by atoms with van der Waals surface area (Å²) in [5.74, 6) is -8.02. The number of rotatable bonds is 35. The maximum Gasteiger partial charge on any atom is 0.316 e. The second-order valence-corrected chi connectivity index (χ2v) is 22.4. The van der Waals surface area contributed by atoms with Crippen molar-refractivity contribution in [2.75, 3.05) is 66.4 Å². The predicted octanol–water partition coefficient (Wildman–Crippen LogP) is -0.269. The highest BCUT2D eigenvalue weighted by Crippen LogP contribution is 2.56. The fourth-order valence-electron chi connectivity index (χ4n) is 10.4. The number of fused-ring (bicyclic) bond motifs is 3. The number of ether oxygens (including phenoxy) is 7. The third-order valence-electron chi connectivity index (χ3n) is 15.6. The first-order chi connectivity index (χ1) is 41.0. The van der Waals surface area contributed by atoms with Gasteiger partial charge >= 0.3 is 11.9 Å². The van der Waals surface area contributed by atoms with Crippen LogP contribution in [-0.4, -0.2) is 162 Å². The number of amides is 7. The number of methoxy groups -OCH3 is 3. The molecule has 12 atom stereocenters. The van der Waals surface area contributed by atoms with Gasteiger partial charge in [-0.15, -0.1) is 11.8 Å². The number of cyclic esters (lactones) is 1. The van der Waals surface area contributed by atoms with Crippen molar-refractivity contribution in [1.29, 1.82) is 0 Å². The van der Waals surface area contributed by atoms with Gasteiger partial charge in [0, 0.05) is 43.2 Å². The predicted molar refractivity (Wildman–Crippen MR) is 316 cm³/mol. The summed E-state index contributed by atoms with van der Waals surface area (Å²) in [7, 11) is 5.89. The van der Waals surface area contributed by atoms with E-state index in [1.165, 1.54) is 28.4 Å². The number of primary amides is 1. The lowest BCUT2D eigenvalue weighted by Crippen LogP contribution is -2.61. The van der Waals surface area contributed by atoms with Crippen molar-refractivity contribution in [3.05, 3.63) is 41.0 Å². The number of carbonyl (C=O) groups excluding carboxylic acids is 9. The van der Waals surface area contributed by atoms with Crippen LogP contribution in [0.25, 0.3) is 0 Å². The average Bonchev–Trinajstić information content (AvgIpc) is 1.49. The number of benzene rings is 2. The van der Waals surface area contributed by atoms with Gasteiger partial charge < -0.3 is 93.7 Å². The van der Waals surface area contributed by atoms with Crippen molar-refractivity contribution in [2.24, 2.45) is 57.3 Å². The number of hydrogen-bond donors (Lipinski definition) is 11. The van der Waals surface area contributed by atoms with Crippen molar-refractivity contribution < 1.29 is 76.3 Å². The van der Waals surface area contributed by atoms with Gasteiger partial charge in [0.15, 0.2) is 29.0 Å². The van der Waals surface area contributed by atoms with Gasteiger partial charge in [0.25, 0.3) is 0 Å². The van der Waals surface area contributed by atoms with Crippen LogP contribution < -0.4 is 84.3 Å². The molecule has 1 fully saturated rings. The Hall–Kier alpha value is -7.79. The second-order valence-electron chi connectivity index (χ2n) is 21.4. The quantitative estimate of drug-likeness (QED) is 0.0183. The number of aliphatic imine (C=N–C) groups is 1. The fraction of sp³-hybridized carbons (Fsp3) is 0.614. The lowest BCUT2D eigenvalue weighted by molar-refractivity contribution is -0.151. The minimum atomic E-state index is -1.49. The Morgan fingerprint density at radius 3 is 1.79 bits per heavy atom. The summed E-state index contributed by atoms with van der Waals surface area (Å²) in [4.78, 5) is 127. The average molecular weight is 1230 g/mol. The van der Waals surface area contributed by atoms with E-state index in [-0.39, 0.29) is 75.4 Å². The number of hydrogen-bond acceptors (Lipinski definition) is 20. The van der Waals surface area contributed by atoms with Crippen LogP contribution in [0, 0.1) is 23.7 Å². The summed E-state index contributed by atoms with van der Waals surface area (Å²) in [6, 6.07) is -0.494. The summed E-state index contributed by atoms with van der Waals surface area (Å²) in [5.41, 5.74) is 30.5. The SMILES string of the molecule is CCC(C)[C@H](NC(=O)[C@H](CCCCN)NC(=O)[C@@H](NC(=O)[C@H](CCC(N)=O)NC(=O)[C@H](CCCN=C(N)N)NC(=O)[C@@H](N)CSCC(=O)O[C@H]1c2cc3c(cc2[C@@H](c2cc(OC)c(OC)c(OC)c2)[C@H]2C(=O)OC[C@@H]21)OCO3)C(C)CC)C(=O)NC. The van der Waals surface area contributed by atoms with Crippen molar-refractivity contribution in [3.63, 3.8) is 0 Å². The first kappa shape index (κ1) is 69.0. The number of likely N-dealkylation sites (N-methyl/N-ethyl adjacent to an activating group) is 1.